The van der Waals surface area contributed by atoms with Gasteiger partial charge in [-0.2, -0.15) is 4.39 Å². The van der Waals surface area contributed by atoms with Crippen molar-refractivity contribution < 1.29 is 9.31 Å². The Morgan fingerprint density at radius 3 is 1.86 bits per heavy atom. The average Bonchev–Trinajstić information content (AvgIpc) is 2.44. The second-order valence-corrected chi connectivity index (χ2v) is 5.76. The fourth-order valence-corrected chi connectivity index (χ4v) is 3.02. The van der Waals surface area contributed by atoms with Crippen molar-refractivity contribution in [3.63, 3.8) is 0 Å². The zero-order valence-corrected chi connectivity index (χ0v) is 13.5. The highest BCUT2D eigenvalue weighted by Gasteiger charge is 2.23. The molecular weight excluding hydrogens is 386 g/mol. The number of rotatable bonds is 2. The van der Waals surface area contributed by atoms with Gasteiger partial charge in [0.2, 0.25) is 5.82 Å². The third-order valence-electron chi connectivity index (χ3n) is 2.64. The third kappa shape index (κ3) is 2.91. The summed E-state index contributed by atoms with van der Waals surface area (Å²) in [5.74, 6) is -0.984. The average molecular weight is 389 g/mol. The number of nitrogens with zero attached hydrogens (tertiary/aromatic N) is 1. The van der Waals surface area contributed by atoms with Crippen molar-refractivity contribution in [2.45, 2.75) is 0 Å². The van der Waals surface area contributed by atoms with Gasteiger partial charge in [-0.15, -0.1) is 0 Å². The minimum absolute atomic E-state index is 0.0306. The van der Waals surface area contributed by atoms with E-state index in [4.69, 9.17) is 58.0 Å². The molecule has 0 atom stereocenters. The SMILES string of the molecule is O=[N+]([O-])c1cc(-c2c(Cl)c(Cl)c(Cl)c(Cl)c2Cl)ccc1F. The fraction of sp³-hybridized carbons (Fsp3) is 0. The molecule has 0 saturated heterocycles. The first-order valence-electron chi connectivity index (χ1n) is 5.21. The summed E-state index contributed by atoms with van der Waals surface area (Å²) in [5, 5.41) is 10.6. The zero-order chi connectivity index (χ0) is 15.9. The summed E-state index contributed by atoms with van der Waals surface area (Å²) in [6.45, 7) is 0. The summed E-state index contributed by atoms with van der Waals surface area (Å²) in [6, 6.07) is 3.19. The van der Waals surface area contributed by atoms with E-state index in [-0.39, 0.29) is 36.2 Å². The Balaban J connectivity index is 2.80. The molecule has 2 aromatic carbocycles. The standard InChI is InChI=1S/C12H3Cl5FNO2/c13-8-7(9(14)11(16)12(17)10(8)15)4-1-2-5(18)6(3-4)19(20)21/h1-3H. The van der Waals surface area contributed by atoms with Gasteiger partial charge in [0.15, 0.2) is 0 Å². The van der Waals surface area contributed by atoms with Crippen molar-refractivity contribution in [3.8, 4) is 11.1 Å². The maximum Gasteiger partial charge on any atom is 0.305 e. The molecule has 0 aliphatic carbocycles. The molecule has 0 amide bonds. The van der Waals surface area contributed by atoms with Crippen LogP contribution in [0, 0.1) is 15.9 Å². The lowest BCUT2D eigenvalue weighted by atomic mass is 10.0. The monoisotopic (exact) mass is 387 g/mol. The number of halogens is 6. The predicted octanol–water partition coefficient (Wildman–Crippen LogP) is 6.67. The molecule has 0 radical (unpaired) electrons. The Morgan fingerprint density at radius 2 is 1.38 bits per heavy atom. The molecule has 0 heterocycles. The lowest BCUT2D eigenvalue weighted by Crippen LogP contribution is -1.94. The van der Waals surface area contributed by atoms with Gasteiger partial charge in [-0.3, -0.25) is 10.1 Å². The molecule has 2 rings (SSSR count). The molecule has 9 heteroatoms. The quantitative estimate of drug-likeness (QED) is 0.249. The summed E-state index contributed by atoms with van der Waals surface area (Å²) in [4.78, 5) is 9.93. The fourth-order valence-electron chi connectivity index (χ4n) is 1.67. The number of nitro groups is 1. The van der Waals surface area contributed by atoms with Crippen LogP contribution in [0.3, 0.4) is 0 Å². The molecule has 0 aliphatic heterocycles. The van der Waals surface area contributed by atoms with Crippen molar-refractivity contribution in [1.82, 2.24) is 0 Å². The van der Waals surface area contributed by atoms with Gasteiger partial charge < -0.3 is 0 Å². The van der Waals surface area contributed by atoms with Gasteiger partial charge in [-0.1, -0.05) is 64.1 Å². The van der Waals surface area contributed by atoms with E-state index in [2.05, 4.69) is 0 Å². The molecule has 0 saturated carbocycles. The first kappa shape index (κ1) is 16.6. The number of hydrogen-bond acceptors (Lipinski definition) is 2. The molecule has 2 aromatic rings. The maximum absolute atomic E-state index is 13.4. The lowest BCUT2D eigenvalue weighted by molar-refractivity contribution is -0.387. The molecule has 0 N–H and O–H groups in total. The van der Waals surface area contributed by atoms with Crippen LogP contribution in [0.1, 0.15) is 0 Å². The zero-order valence-electron chi connectivity index (χ0n) is 9.76. The van der Waals surface area contributed by atoms with Gasteiger partial charge in [0.1, 0.15) is 0 Å². The molecule has 21 heavy (non-hydrogen) atoms. The summed E-state index contributed by atoms with van der Waals surface area (Å²) >= 11 is 29.8. The van der Waals surface area contributed by atoms with E-state index in [9.17, 15) is 14.5 Å². The van der Waals surface area contributed by atoms with E-state index < -0.39 is 16.4 Å². The molecule has 0 fully saturated rings. The lowest BCUT2D eigenvalue weighted by Gasteiger charge is -2.12. The van der Waals surface area contributed by atoms with Crippen LogP contribution in [-0.4, -0.2) is 4.92 Å². The molecule has 0 spiro atoms. The maximum atomic E-state index is 13.4. The highest BCUT2D eigenvalue weighted by Crippen LogP contribution is 2.48. The third-order valence-corrected chi connectivity index (χ3v) is 4.92. The van der Waals surface area contributed by atoms with Crippen molar-refractivity contribution in [2.24, 2.45) is 0 Å². The van der Waals surface area contributed by atoms with Crippen LogP contribution in [0.5, 0.6) is 0 Å². The van der Waals surface area contributed by atoms with Gasteiger partial charge in [-0.25, -0.2) is 0 Å². The van der Waals surface area contributed by atoms with Crippen LogP contribution in [0.4, 0.5) is 10.1 Å². The predicted molar refractivity (Wildman–Crippen MR) is 83.5 cm³/mol. The van der Waals surface area contributed by atoms with Crippen LogP contribution in [0.2, 0.25) is 25.1 Å². The van der Waals surface area contributed by atoms with E-state index in [1.54, 1.807) is 0 Å². The van der Waals surface area contributed by atoms with Crippen LogP contribution >= 0.6 is 58.0 Å². The largest absolute Gasteiger partial charge is 0.305 e. The van der Waals surface area contributed by atoms with Gasteiger partial charge in [0.05, 0.1) is 30.0 Å². The van der Waals surface area contributed by atoms with Gasteiger partial charge in [0, 0.05) is 11.6 Å². The van der Waals surface area contributed by atoms with Crippen molar-refractivity contribution in [1.29, 1.82) is 0 Å². The van der Waals surface area contributed by atoms with E-state index in [1.807, 2.05) is 0 Å². The van der Waals surface area contributed by atoms with Crippen LogP contribution in [0.25, 0.3) is 11.1 Å². The van der Waals surface area contributed by atoms with Crippen molar-refractivity contribution in [2.75, 3.05) is 0 Å². The van der Waals surface area contributed by atoms with Crippen molar-refractivity contribution >= 4 is 63.7 Å². The first-order chi connectivity index (χ1) is 9.75. The summed E-state index contributed by atoms with van der Waals surface area (Å²) in [5.41, 5.74) is -0.388. The highest BCUT2D eigenvalue weighted by molar-refractivity contribution is 6.56. The Bertz CT molecular complexity index is 737. The molecule has 0 bridgehead atoms. The Morgan fingerprint density at radius 1 is 0.905 bits per heavy atom. The Hall–Kier alpha value is -0.780. The molecular formula is C12H3Cl5FNO2. The van der Waals surface area contributed by atoms with Crippen molar-refractivity contribution in [3.05, 3.63) is 59.2 Å². The Labute approximate surface area is 143 Å². The smallest absolute Gasteiger partial charge is 0.258 e. The molecule has 0 aromatic heterocycles. The van der Waals surface area contributed by atoms with Gasteiger partial charge in [0.25, 0.3) is 0 Å². The van der Waals surface area contributed by atoms with Gasteiger partial charge >= 0.3 is 5.69 Å². The molecule has 110 valence electrons. The molecule has 0 unspecified atom stereocenters. The van der Waals surface area contributed by atoms with Crippen LogP contribution in [0.15, 0.2) is 18.2 Å². The number of nitro benzene ring substituents is 1. The normalized spacial score (nSPS) is 10.8. The molecule has 0 aliphatic rings. The molecule has 3 nitrogen and oxygen atoms in total. The summed E-state index contributed by atoms with van der Waals surface area (Å²) in [6.07, 6.45) is 0. The van der Waals surface area contributed by atoms with Crippen LogP contribution in [-0.2, 0) is 0 Å². The minimum atomic E-state index is -0.984. The second kappa shape index (κ2) is 6.15. The van der Waals surface area contributed by atoms with E-state index in [1.165, 1.54) is 6.07 Å². The highest BCUT2D eigenvalue weighted by atomic mass is 35.5. The Kier molecular flexibility index (Phi) is 4.85. The van der Waals surface area contributed by atoms with Gasteiger partial charge in [-0.05, 0) is 11.6 Å². The van der Waals surface area contributed by atoms with E-state index >= 15 is 0 Å². The second-order valence-electron chi connectivity index (χ2n) is 3.87. The number of hydrogen-bond donors (Lipinski definition) is 0. The number of benzene rings is 2. The topological polar surface area (TPSA) is 43.1 Å². The summed E-state index contributed by atoms with van der Waals surface area (Å²) < 4.78 is 13.4. The minimum Gasteiger partial charge on any atom is -0.258 e. The van der Waals surface area contributed by atoms with E-state index in [0.29, 0.717) is 0 Å². The van der Waals surface area contributed by atoms with Crippen LogP contribution < -0.4 is 0 Å². The van der Waals surface area contributed by atoms with E-state index in [0.717, 1.165) is 12.1 Å². The summed E-state index contributed by atoms with van der Waals surface area (Å²) in [7, 11) is 0. The first-order valence-corrected chi connectivity index (χ1v) is 7.10.